The Bertz CT molecular complexity index is 233. The van der Waals surface area contributed by atoms with Crippen molar-refractivity contribution in [1.82, 2.24) is 4.90 Å². The molecule has 114 valence electrons. The smallest absolute Gasteiger partial charge is 0.0806 e. The van der Waals surface area contributed by atoms with Crippen LogP contribution in [0.1, 0.15) is 65.7 Å². The third-order valence-corrected chi connectivity index (χ3v) is 4.52. The number of unbranched alkanes of at least 4 members (excludes halogenated alkanes) is 6. The molecule has 19 heavy (non-hydrogen) atoms. The molecule has 0 aliphatic carbocycles. The lowest BCUT2D eigenvalue weighted by Crippen LogP contribution is -2.53. The van der Waals surface area contributed by atoms with Gasteiger partial charge in [0.05, 0.1) is 11.7 Å². The van der Waals surface area contributed by atoms with Crippen LogP contribution in [-0.2, 0) is 4.74 Å². The van der Waals surface area contributed by atoms with Gasteiger partial charge in [-0.25, -0.2) is 0 Å². The molecule has 0 aromatic heterocycles. The van der Waals surface area contributed by atoms with Gasteiger partial charge in [0.1, 0.15) is 0 Å². The van der Waals surface area contributed by atoms with Crippen LogP contribution in [0, 0.1) is 0 Å². The SMILES string of the molecule is CCCCCCCCCN1CC(CBr)OC(C)(C)C1. The Morgan fingerprint density at radius 2 is 1.74 bits per heavy atom. The summed E-state index contributed by atoms with van der Waals surface area (Å²) in [5.74, 6) is 0. The van der Waals surface area contributed by atoms with Gasteiger partial charge in [-0.3, -0.25) is 4.90 Å². The van der Waals surface area contributed by atoms with Crippen molar-refractivity contribution in [3.63, 3.8) is 0 Å². The van der Waals surface area contributed by atoms with E-state index in [0.29, 0.717) is 6.10 Å². The zero-order valence-corrected chi connectivity index (χ0v) is 14.7. The number of ether oxygens (including phenoxy) is 1. The average Bonchev–Trinajstić information content (AvgIpc) is 2.36. The van der Waals surface area contributed by atoms with Crippen LogP contribution in [0.25, 0.3) is 0 Å². The van der Waals surface area contributed by atoms with E-state index in [1.54, 1.807) is 0 Å². The van der Waals surface area contributed by atoms with E-state index in [1.165, 1.54) is 51.5 Å². The Morgan fingerprint density at radius 3 is 2.37 bits per heavy atom. The van der Waals surface area contributed by atoms with Crippen LogP contribution in [-0.4, -0.2) is 41.6 Å². The molecular weight excluding hydrogens is 302 g/mol. The zero-order valence-electron chi connectivity index (χ0n) is 13.1. The summed E-state index contributed by atoms with van der Waals surface area (Å²) in [7, 11) is 0. The fourth-order valence-electron chi connectivity index (χ4n) is 2.96. The van der Waals surface area contributed by atoms with E-state index in [0.717, 1.165) is 18.4 Å². The van der Waals surface area contributed by atoms with E-state index in [2.05, 4.69) is 41.6 Å². The molecule has 1 aliphatic heterocycles. The van der Waals surface area contributed by atoms with Gasteiger partial charge in [-0.05, 0) is 26.8 Å². The Hall–Kier alpha value is 0.400. The molecule has 1 saturated heterocycles. The van der Waals surface area contributed by atoms with Gasteiger partial charge in [-0.2, -0.15) is 0 Å². The second kappa shape index (κ2) is 9.36. The quantitative estimate of drug-likeness (QED) is 0.451. The van der Waals surface area contributed by atoms with Crippen molar-refractivity contribution in [3.05, 3.63) is 0 Å². The third kappa shape index (κ3) is 7.67. The highest BCUT2D eigenvalue weighted by Gasteiger charge is 2.32. The molecule has 1 unspecified atom stereocenters. The molecule has 1 aliphatic rings. The topological polar surface area (TPSA) is 12.5 Å². The molecule has 1 atom stereocenters. The van der Waals surface area contributed by atoms with Crippen LogP contribution < -0.4 is 0 Å². The molecule has 0 radical (unpaired) electrons. The number of alkyl halides is 1. The lowest BCUT2D eigenvalue weighted by molar-refractivity contribution is -0.126. The molecular formula is C16H32BrNO. The molecule has 2 nitrogen and oxygen atoms in total. The van der Waals surface area contributed by atoms with Crippen LogP contribution in [0.5, 0.6) is 0 Å². The van der Waals surface area contributed by atoms with Crippen molar-refractivity contribution in [1.29, 1.82) is 0 Å². The maximum atomic E-state index is 6.04. The highest BCUT2D eigenvalue weighted by atomic mass is 79.9. The van der Waals surface area contributed by atoms with E-state index in [9.17, 15) is 0 Å². The summed E-state index contributed by atoms with van der Waals surface area (Å²) in [5.41, 5.74) is 0.0117. The standard InChI is InChI=1S/C16H32BrNO/c1-4-5-6-7-8-9-10-11-18-13-15(12-17)19-16(2,3)14-18/h15H,4-14H2,1-3H3. The lowest BCUT2D eigenvalue weighted by Gasteiger charge is -2.42. The minimum Gasteiger partial charge on any atom is -0.369 e. The minimum atomic E-state index is 0.0117. The Kier molecular flexibility index (Phi) is 8.59. The van der Waals surface area contributed by atoms with Crippen molar-refractivity contribution in [2.75, 3.05) is 25.0 Å². The van der Waals surface area contributed by atoms with Gasteiger partial charge in [0.2, 0.25) is 0 Å². The molecule has 0 bridgehead atoms. The molecule has 0 amide bonds. The predicted octanol–water partition coefficient (Wildman–Crippen LogP) is 4.61. The first-order valence-electron chi connectivity index (χ1n) is 8.03. The largest absolute Gasteiger partial charge is 0.369 e. The summed E-state index contributed by atoms with van der Waals surface area (Å²) >= 11 is 3.56. The maximum absolute atomic E-state index is 6.04. The molecule has 3 heteroatoms. The van der Waals surface area contributed by atoms with Crippen molar-refractivity contribution in [2.24, 2.45) is 0 Å². The van der Waals surface area contributed by atoms with Crippen LogP contribution in [0.3, 0.4) is 0 Å². The number of hydrogen-bond donors (Lipinski definition) is 0. The van der Waals surface area contributed by atoms with Gasteiger partial charge in [0.25, 0.3) is 0 Å². The summed E-state index contributed by atoms with van der Waals surface area (Å²) in [4.78, 5) is 2.58. The number of morpholine rings is 1. The molecule has 0 N–H and O–H groups in total. The maximum Gasteiger partial charge on any atom is 0.0806 e. The summed E-state index contributed by atoms with van der Waals surface area (Å²) in [6.45, 7) is 10.1. The van der Waals surface area contributed by atoms with Gasteiger partial charge in [0.15, 0.2) is 0 Å². The fourth-order valence-corrected chi connectivity index (χ4v) is 3.30. The Morgan fingerprint density at radius 1 is 1.11 bits per heavy atom. The first kappa shape index (κ1) is 17.5. The first-order valence-corrected chi connectivity index (χ1v) is 9.15. The molecule has 0 saturated carbocycles. The summed E-state index contributed by atoms with van der Waals surface area (Å²) in [5, 5.41) is 0.948. The Balaban J connectivity index is 2.11. The molecule has 1 rings (SSSR count). The highest BCUT2D eigenvalue weighted by molar-refractivity contribution is 9.09. The van der Waals surface area contributed by atoms with Gasteiger partial charge < -0.3 is 4.74 Å². The van der Waals surface area contributed by atoms with Crippen molar-refractivity contribution in [3.8, 4) is 0 Å². The zero-order chi connectivity index (χ0) is 14.1. The normalized spacial score (nSPS) is 23.7. The third-order valence-electron chi connectivity index (χ3n) is 3.80. The van der Waals surface area contributed by atoms with Crippen LogP contribution in [0.2, 0.25) is 0 Å². The average molecular weight is 334 g/mol. The molecule has 1 heterocycles. The van der Waals surface area contributed by atoms with Crippen LogP contribution in [0.4, 0.5) is 0 Å². The summed E-state index contributed by atoms with van der Waals surface area (Å²) in [6, 6.07) is 0. The minimum absolute atomic E-state index is 0.0117. The molecule has 1 fully saturated rings. The Labute approximate surface area is 128 Å². The monoisotopic (exact) mass is 333 g/mol. The summed E-state index contributed by atoms with van der Waals surface area (Å²) < 4.78 is 6.04. The molecule has 0 aromatic rings. The second-order valence-electron chi connectivity index (χ2n) is 6.51. The van der Waals surface area contributed by atoms with Crippen LogP contribution >= 0.6 is 15.9 Å². The van der Waals surface area contributed by atoms with E-state index in [1.807, 2.05) is 0 Å². The van der Waals surface area contributed by atoms with E-state index < -0.39 is 0 Å². The van der Waals surface area contributed by atoms with Crippen molar-refractivity contribution in [2.45, 2.75) is 77.4 Å². The lowest BCUT2D eigenvalue weighted by atomic mass is 10.0. The van der Waals surface area contributed by atoms with Gasteiger partial charge in [-0.1, -0.05) is 61.4 Å². The van der Waals surface area contributed by atoms with E-state index in [4.69, 9.17) is 4.74 Å². The highest BCUT2D eigenvalue weighted by Crippen LogP contribution is 2.22. The van der Waals surface area contributed by atoms with Gasteiger partial charge in [0, 0.05) is 18.4 Å². The number of halogens is 1. The first-order chi connectivity index (χ1) is 9.07. The van der Waals surface area contributed by atoms with Crippen molar-refractivity contribution >= 4 is 15.9 Å². The second-order valence-corrected chi connectivity index (χ2v) is 7.16. The van der Waals surface area contributed by atoms with E-state index >= 15 is 0 Å². The van der Waals surface area contributed by atoms with Crippen molar-refractivity contribution < 1.29 is 4.74 Å². The predicted molar refractivity (Wildman–Crippen MR) is 87.2 cm³/mol. The number of hydrogen-bond acceptors (Lipinski definition) is 2. The summed E-state index contributed by atoms with van der Waals surface area (Å²) in [6.07, 6.45) is 10.1. The van der Waals surface area contributed by atoms with Crippen LogP contribution in [0.15, 0.2) is 0 Å². The van der Waals surface area contributed by atoms with Gasteiger partial charge >= 0.3 is 0 Å². The number of rotatable bonds is 9. The molecule has 0 spiro atoms. The van der Waals surface area contributed by atoms with E-state index in [-0.39, 0.29) is 5.60 Å². The van der Waals surface area contributed by atoms with Gasteiger partial charge in [-0.15, -0.1) is 0 Å². The fraction of sp³-hybridized carbons (Fsp3) is 1.00. The number of nitrogens with zero attached hydrogens (tertiary/aromatic N) is 1. The molecule has 0 aromatic carbocycles.